The highest BCUT2D eigenvalue weighted by molar-refractivity contribution is 5.77. The van der Waals surface area contributed by atoms with Crippen LogP contribution >= 0.6 is 0 Å². The molecule has 0 bridgehead atoms. The Balaban J connectivity index is 1.44. The Morgan fingerprint density at radius 1 is 1.15 bits per heavy atom. The molecule has 2 unspecified atom stereocenters. The Morgan fingerprint density at radius 3 is 2.63 bits per heavy atom. The minimum Gasteiger partial charge on any atom is -0.481 e. The second-order valence-electron chi connectivity index (χ2n) is 7.01. The van der Waals surface area contributed by atoms with E-state index < -0.39 is 11.9 Å². The molecule has 2 aromatic rings. The second-order valence-corrected chi connectivity index (χ2v) is 7.01. The molecule has 2 aliphatic rings. The average Bonchev–Trinajstić information content (AvgIpc) is 3.29. The normalized spacial score (nSPS) is 21.7. The van der Waals surface area contributed by atoms with Gasteiger partial charge in [-0.2, -0.15) is 0 Å². The molecule has 27 heavy (non-hydrogen) atoms. The number of hydrogen-bond acceptors (Lipinski definition) is 4. The van der Waals surface area contributed by atoms with E-state index in [1.807, 2.05) is 4.57 Å². The largest absolute Gasteiger partial charge is 0.481 e. The third kappa shape index (κ3) is 3.49. The zero-order valence-corrected chi connectivity index (χ0v) is 14.6. The lowest BCUT2D eigenvalue weighted by Crippen LogP contribution is -2.47. The third-order valence-corrected chi connectivity index (χ3v) is 5.20. The van der Waals surface area contributed by atoms with Crippen molar-refractivity contribution in [2.45, 2.75) is 31.8 Å². The van der Waals surface area contributed by atoms with Gasteiger partial charge in [-0.15, -0.1) is 10.2 Å². The Kier molecular flexibility index (Phi) is 4.51. The first-order valence-corrected chi connectivity index (χ1v) is 8.97. The number of likely N-dealkylation sites (tertiary alicyclic amines) is 1. The second kappa shape index (κ2) is 6.98. The topological polar surface area (TPSA) is 100 Å². The van der Waals surface area contributed by atoms with Crippen LogP contribution in [0.1, 0.15) is 18.7 Å². The van der Waals surface area contributed by atoms with Crippen molar-refractivity contribution in [3.05, 3.63) is 35.9 Å². The van der Waals surface area contributed by atoms with Gasteiger partial charge in [0.15, 0.2) is 5.82 Å². The Morgan fingerprint density at radius 2 is 1.93 bits per heavy atom. The minimum atomic E-state index is -0.860. The lowest BCUT2D eigenvalue weighted by Gasteiger charge is -2.27. The molecule has 4 rings (SSSR count). The molecule has 2 N–H and O–H groups in total. The van der Waals surface area contributed by atoms with Crippen molar-refractivity contribution < 1.29 is 19.1 Å². The van der Waals surface area contributed by atoms with Gasteiger partial charge in [0, 0.05) is 37.7 Å². The number of aryl methyl sites for hydroxylation is 1. The molecular weight excluding hydrogens is 353 g/mol. The summed E-state index contributed by atoms with van der Waals surface area (Å²) in [5.74, 6) is -0.173. The van der Waals surface area contributed by atoms with Crippen molar-refractivity contribution in [2.24, 2.45) is 5.92 Å². The van der Waals surface area contributed by atoms with Crippen LogP contribution in [-0.4, -0.2) is 55.9 Å². The number of fused-ring (bicyclic) bond motifs is 1. The molecule has 2 amide bonds. The van der Waals surface area contributed by atoms with Crippen molar-refractivity contribution >= 4 is 12.0 Å². The summed E-state index contributed by atoms with van der Waals surface area (Å²) in [4.78, 5) is 25.1. The summed E-state index contributed by atoms with van der Waals surface area (Å²) >= 11 is 0. The highest BCUT2D eigenvalue weighted by atomic mass is 19.1. The van der Waals surface area contributed by atoms with E-state index in [4.69, 9.17) is 5.11 Å². The lowest BCUT2D eigenvalue weighted by atomic mass is 10.1. The Labute approximate surface area is 155 Å². The number of hydrogen-bond donors (Lipinski definition) is 2. The molecule has 0 radical (unpaired) electrons. The van der Waals surface area contributed by atoms with Gasteiger partial charge in [-0.25, -0.2) is 9.18 Å². The highest BCUT2D eigenvalue weighted by Gasteiger charge is 2.32. The number of halogens is 1. The summed E-state index contributed by atoms with van der Waals surface area (Å²) in [5, 5.41) is 20.5. The van der Waals surface area contributed by atoms with E-state index in [9.17, 15) is 14.0 Å². The molecule has 2 atom stereocenters. The highest BCUT2D eigenvalue weighted by Crippen LogP contribution is 2.24. The van der Waals surface area contributed by atoms with Crippen LogP contribution in [0.25, 0.3) is 11.4 Å². The molecular formula is C18H20FN5O3. The summed E-state index contributed by atoms with van der Waals surface area (Å²) < 4.78 is 15.1. The SMILES string of the molecule is O=C(O)C1CCN(C(=O)NC2CCc3nnc(-c4ccc(F)cc4)n3C2)C1. The first-order chi connectivity index (χ1) is 13.0. The standard InChI is InChI=1S/C18H20FN5O3/c19-13-3-1-11(2-4-13)16-22-21-15-6-5-14(10-24(15)16)20-18(27)23-8-7-12(9-23)17(25)26/h1-4,12,14H,5-10H2,(H,20,27)(H,25,26). The number of benzene rings is 1. The summed E-state index contributed by atoms with van der Waals surface area (Å²) in [7, 11) is 0. The van der Waals surface area contributed by atoms with E-state index in [0.29, 0.717) is 31.8 Å². The number of rotatable bonds is 3. The monoisotopic (exact) mass is 373 g/mol. The van der Waals surface area contributed by atoms with Crippen molar-refractivity contribution in [1.29, 1.82) is 0 Å². The molecule has 1 aromatic heterocycles. The predicted molar refractivity (Wildman–Crippen MR) is 93.4 cm³/mol. The fourth-order valence-corrected chi connectivity index (χ4v) is 3.67. The quantitative estimate of drug-likeness (QED) is 0.850. The molecule has 8 nitrogen and oxygen atoms in total. The van der Waals surface area contributed by atoms with Crippen LogP contribution in [-0.2, 0) is 17.8 Å². The molecule has 1 aromatic carbocycles. The number of nitrogens with zero attached hydrogens (tertiary/aromatic N) is 4. The number of nitrogens with one attached hydrogen (secondary N) is 1. The van der Waals surface area contributed by atoms with Crippen LogP contribution in [0.4, 0.5) is 9.18 Å². The third-order valence-electron chi connectivity index (χ3n) is 5.20. The van der Waals surface area contributed by atoms with Crippen LogP contribution in [0.15, 0.2) is 24.3 Å². The van der Waals surface area contributed by atoms with Crippen molar-refractivity contribution in [1.82, 2.24) is 25.0 Å². The zero-order valence-electron chi connectivity index (χ0n) is 14.6. The molecule has 0 aliphatic carbocycles. The van der Waals surface area contributed by atoms with Gasteiger partial charge in [0.2, 0.25) is 0 Å². The zero-order chi connectivity index (χ0) is 19.0. The first-order valence-electron chi connectivity index (χ1n) is 8.97. The lowest BCUT2D eigenvalue weighted by molar-refractivity contribution is -0.141. The van der Waals surface area contributed by atoms with Gasteiger partial charge in [-0.3, -0.25) is 4.79 Å². The van der Waals surface area contributed by atoms with E-state index in [0.717, 1.165) is 17.8 Å². The fourth-order valence-electron chi connectivity index (χ4n) is 3.67. The van der Waals surface area contributed by atoms with Gasteiger partial charge in [0.05, 0.1) is 5.92 Å². The van der Waals surface area contributed by atoms with E-state index in [1.54, 1.807) is 17.0 Å². The number of aliphatic carboxylic acids is 1. The fraction of sp³-hybridized carbons (Fsp3) is 0.444. The van der Waals surface area contributed by atoms with E-state index in [1.165, 1.54) is 12.1 Å². The maximum absolute atomic E-state index is 13.2. The van der Waals surface area contributed by atoms with Gasteiger partial charge >= 0.3 is 12.0 Å². The summed E-state index contributed by atoms with van der Waals surface area (Å²) in [6, 6.07) is 5.75. The molecule has 1 saturated heterocycles. The number of carboxylic acid groups (broad SMARTS) is 1. The number of carbonyl (C=O) groups is 2. The van der Waals surface area contributed by atoms with Gasteiger partial charge in [0.25, 0.3) is 0 Å². The summed E-state index contributed by atoms with van der Waals surface area (Å²) in [5.41, 5.74) is 0.769. The van der Waals surface area contributed by atoms with Crippen molar-refractivity contribution in [2.75, 3.05) is 13.1 Å². The first kappa shape index (κ1) is 17.4. The van der Waals surface area contributed by atoms with Crippen molar-refractivity contribution in [3.8, 4) is 11.4 Å². The van der Waals surface area contributed by atoms with Crippen LogP contribution in [0, 0.1) is 11.7 Å². The molecule has 0 saturated carbocycles. The van der Waals surface area contributed by atoms with Crippen LogP contribution in [0.2, 0.25) is 0 Å². The van der Waals surface area contributed by atoms with Crippen LogP contribution in [0.5, 0.6) is 0 Å². The maximum atomic E-state index is 13.2. The molecule has 0 spiro atoms. The van der Waals surface area contributed by atoms with E-state index in [2.05, 4.69) is 15.5 Å². The van der Waals surface area contributed by atoms with Gasteiger partial charge in [-0.1, -0.05) is 0 Å². The maximum Gasteiger partial charge on any atom is 0.317 e. The number of amides is 2. The van der Waals surface area contributed by atoms with Gasteiger partial charge in [0.1, 0.15) is 11.6 Å². The number of carboxylic acids is 1. The molecule has 3 heterocycles. The summed E-state index contributed by atoms with van der Waals surface area (Å²) in [6.45, 7) is 1.22. The van der Waals surface area contributed by atoms with Crippen molar-refractivity contribution in [3.63, 3.8) is 0 Å². The van der Waals surface area contributed by atoms with E-state index in [-0.39, 0.29) is 24.4 Å². The molecule has 142 valence electrons. The van der Waals surface area contributed by atoms with Gasteiger partial charge in [-0.05, 0) is 37.1 Å². The minimum absolute atomic E-state index is 0.0934. The van der Waals surface area contributed by atoms with Gasteiger partial charge < -0.3 is 19.9 Å². The number of urea groups is 1. The summed E-state index contributed by atoms with van der Waals surface area (Å²) in [6.07, 6.45) is 1.90. The molecule has 2 aliphatic heterocycles. The van der Waals surface area contributed by atoms with Crippen LogP contribution < -0.4 is 5.32 Å². The average molecular weight is 373 g/mol. The smallest absolute Gasteiger partial charge is 0.317 e. The van der Waals surface area contributed by atoms with Crippen LogP contribution in [0.3, 0.4) is 0 Å². The molecule has 9 heteroatoms. The Hall–Kier alpha value is -2.97. The van der Waals surface area contributed by atoms with E-state index >= 15 is 0 Å². The number of aromatic nitrogens is 3. The Bertz CT molecular complexity index is 866. The molecule has 1 fully saturated rings. The number of carbonyl (C=O) groups excluding carboxylic acids is 1. The predicted octanol–water partition coefficient (Wildman–Crippen LogP) is 1.52.